The van der Waals surface area contributed by atoms with Gasteiger partial charge in [0.2, 0.25) is 0 Å². The zero-order valence-electron chi connectivity index (χ0n) is 10.6. The number of hydrogen-bond donors (Lipinski definition) is 2. The first-order valence-electron chi connectivity index (χ1n) is 5.75. The monoisotopic (exact) mass is 340 g/mol. The minimum atomic E-state index is -0.836. The molecular weight excluding hydrogens is 328 g/mol. The fraction of sp³-hybridized carbons (Fsp3) is 0.214. The molecule has 0 saturated heterocycles. The topological polar surface area (TPSA) is 59.1 Å². The van der Waals surface area contributed by atoms with E-state index >= 15 is 0 Å². The van der Waals surface area contributed by atoms with Crippen LogP contribution in [0.2, 0.25) is 5.02 Å². The first kappa shape index (κ1) is 14.3. The van der Waals surface area contributed by atoms with Crippen LogP contribution >= 0.6 is 27.5 Å². The highest BCUT2D eigenvalue weighted by Gasteiger charge is 2.16. The van der Waals surface area contributed by atoms with Crippen molar-refractivity contribution >= 4 is 33.3 Å². The fourth-order valence-electron chi connectivity index (χ4n) is 2.00. The average Bonchev–Trinajstić information content (AvgIpc) is 2.37. The first-order valence-corrected chi connectivity index (χ1v) is 6.93. The van der Waals surface area contributed by atoms with Crippen LogP contribution in [0.3, 0.4) is 0 Å². The third-order valence-electron chi connectivity index (χ3n) is 2.99. The van der Waals surface area contributed by atoms with E-state index < -0.39 is 6.10 Å². The van der Waals surface area contributed by atoms with Crippen LogP contribution in [0.5, 0.6) is 0 Å². The molecule has 19 heavy (non-hydrogen) atoms. The summed E-state index contributed by atoms with van der Waals surface area (Å²) in [6, 6.07) is 5.48. The number of aromatic nitrogens is 1. The van der Waals surface area contributed by atoms with Crippen LogP contribution in [0.25, 0.3) is 0 Å². The van der Waals surface area contributed by atoms with Crippen LogP contribution < -0.4 is 5.73 Å². The van der Waals surface area contributed by atoms with Gasteiger partial charge < -0.3 is 10.8 Å². The van der Waals surface area contributed by atoms with Gasteiger partial charge in [-0.05, 0) is 36.6 Å². The molecule has 0 aliphatic rings. The zero-order chi connectivity index (χ0) is 14.2. The smallest absolute Gasteiger partial charge is 0.129 e. The molecule has 0 fully saturated rings. The second-order valence-electron chi connectivity index (χ2n) is 4.50. The molecule has 0 saturated carbocycles. The van der Waals surface area contributed by atoms with E-state index in [4.69, 9.17) is 17.3 Å². The van der Waals surface area contributed by atoms with E-state index in [-0.39, 0.29) is 5.82 Å². The molecule has 100 valence electrons. The van der Waals surface area contributed by atoms with Crippen molar-refractivity contribution in [3.63, 3.8) is 0 Å². The summed E-state index contributed by atoms with van der Waals surface area (Å²) in [5.74, 6) is 0.287. The van der Waals surface area contributed by atoms with Crippen molar-refractivity contribution in [2.45, 2.75) is 20.0 Å². The number of nitrogen functional groups attached to an aromatic ring is 1. The highest BCUT2D eigenvalue weighted by atomic mass is 79.9. The van der Waals surface area contributed by atoms with E-state index in [9.17, 15) is 5.11 Å². The summed E-state index contributed by atoms with van der Waals surface area (Å²) in [4.78, 5) is 3.96. The van der Waals surface area contributed by atoms with Crippen LogP contribution in [-0.2, 0) is 0 Å². The molecule has 1 aromatic carbocycles. The highest BCUT2D eigenvalue weighted by Crippen LogP contribution is 2.31. The molecule has 0 aliphatic heterocycles. The number of aliphatic hydroxyl groups excluding tert-OH is 1. The number of nitrogens with two attached hydrogens (primary N) is 1. The SMILES string of the molecule is Cc1cc(C(O)c2cc(Cl)cnc2N)cc(C)c1Br. The van der Waals surface area contributed by atoms with E-state index in [0.29, 0.717) is 10.6 Å². The van der Waals surface area contributed by atoms with E-state index in [1.54, 1.807) is 6.07 Å². The third kappa shape index (κ3) is 2.91. The summed E-state index contributed by atoms with van der Waals surface area (Å²) in [5, 5.41) is 10.9. The lowest BCUT2D eigenvalue weighted by Gasteiger charge is -2.16. The summed E-state index contributed by atoms with van der Waals surface area (Å²) < 4.78 is 1.04. The van der Waals surface area contributed by atoms with Crippen molar-refractivity contribution < 1.29 is 5.11 Å². The molecule has 0 amide bonds. The summed E-state index contributed by atoms with van der Waals surface area (Å²) >= 11 is 9.40. The highest BCUT2D eigenvalue weighted by molar-refractivity contribution is 9.10. The summed E-state index contributed by atoms with van der Waals surface area (Å²) in [5.41, 5.74) is 9.20. The van der Waals surface area contributed by atoms with Crippen molar-refractivity contribution in [3.8, 4) is 0 Å². The largest absolute Gasteiger partial charge is 0.384 e. The minimum absolute atomic E-state index is 0.287. The lowest BCUT2D eigenvalue weighted by Crippen LogP contribution is -2.06. The van der Waals surface area contributed by atoms with E-state index in [2.05, 4.69) is 20.9 Å². The normalized spacial score (nSPS) is 12.5. The summed E-state index contributed by atoms with van der Waals surface area (Å²) in [6.45, 7) is 3.96. The van der Waals surface area contributed by atoms with Crippen molar-refractivity contribution in [1.29, 1.82) is 0 Å². The Morgan fingerprint density at radius 3 is 2.42 bits per heavy atom. The van der Waals surface area contributed by atoms with Crippen molar-refractivity contribution in [2.24, 2.45) is 0 Å². The van der Waals surface area contributed by atoms with E-state index in [1.165, 1.54) is 6.20 Å². The molecule has 0 aliphatic carbocycles. The molecule has 2 rings (SSSR count). The van der Waals surface area contributed by atoms with Crippen molar-refractivity contribution in [2.75, 3.05) is 5.73 Å². The molecule has 3 N–H and O–H groups in total. The van der Waals surface area contributed by atoms with Gasteiger partial charge in [-0.15, -0.1) is 0 Å². The predicted molar refractivity (Wildman–Crippen MR) is 81.3 cm³/mol. The van der Waals surface area contributed by atoms with Crippen molar-refractivity contribution in [1.82, 2.24) is 4.98 Å². The predicted octanol–water partition coefficient (Wildman–Crippen LogP) is 3.78. The average molecular weight is 342 g/mol. The number of anilines is 1. The van der Waals surface area contributed by atoms with Gasteiger partial charge in [-0.25, -0.2) is 4.98 Å². The van der Waals surface area contributed by atoms with Crippen molar-refractivity contribution in [3.05, 3.63) is 56.1 Å². The van der Waals surface area contributed by atoms with Crippen LogP contribution in [0.1, 0.15) is 28.4 Å². The maximum Gasteiger partial charge on any atom is 0.129 e. The molecule has 5 heteroatoms. The van der Waals surface area contributed by atoms with Crippen LogP contribution in [0, 0.1) is 13.8 Å². The van der Waals surface area contributed by atoms with Gasteiger partial charge in [-0.2, -0.15) is 0 Å². The molecule has 3 nitrogen and oxygen atoms in total. The Morgan fingerprint density at radius 1 is 1.26 bits per heavy atom. The van der Waals surface area contributed by atoms with Gasteiger partial charge in [0.1, 0.15) is 11.9 Å². The third-order valence-corrected chi connectivity index (χ3v) is 4.44. The second-order valence-corrected chi connectivity index (χ2v) is 5.73. The Bertz CT molecular complexity index is 608. The lowest BCUT2D eigenvalue weighted by atomic mass is 9.98. The lowest BCUT2D eigenvalue weighted by molar-refractivity contribution is 0.220. The molecule has 1 unspecified atom stereocenters. The summed E-state index contributed by atoms with van der Waals surface area (Å²) in [6.07, 6.45) is 0.627. The standard InChI is InChI=1S/C14H14BrClN2O/c1-7-3-9(4-8(2)12(7)15)13(19)11-5-10(16)6-18-14(11)17/h3-6,13,19H,1-2H3,(H2,17,18). The molecule has 0 spiro atoms. The molecule has 0 radical (unpaired) electrons. The maximum atomic E-state index is 10.4. The number of aryl methyl sites for hydroxylation is 2. The van der Waals surface area contributed by atoms with Crippen LogP contribution in [0.15, 0.2) is 28.9 Å². The van der Waals surface area contributed by atoms with Gasteiger partial charge in [-0.3, -0.25) is 0 Å². The number of pyridine rings is 1. The number of benzene rings is 1. The zero-order valence-corrected chi connectivity index (χ0v) is 13.0. The Morgan fingerprint density at radius 2 is 1.84 bits per heavy atom. The Labute approximate surface area is 125 Å². The fourth-order valence-corrected chi connectivity index (χ4v) is 2.40. The number of halogens is 2. The Hall–Kier alpha value is -1.10. The number of rotatable bonds is 2. The minimum Gasteiger partial charge on any atom is -0.384 e. The molecule has 0 bridgehead atoms. The van der Waals surface area contributed by atoms with Gasteiger partial charge in [0, 0.05) is 16.2 Å². The Balaban J connectivity index is 2.49. The first-order chi connectivity index (χ1) is 8.90. The Kier molecular flexibility index (Phi) is 4.13. The molecule has 1 atom stereocenters. The van der Waals surface area contributed by atoms with E-state index in [0.717, 1.165) is 21.2 Å². The summed E-state index contributed by atoms with van der Waals surface area (Å²) in [7, 11) is 0. The molecule has 2 aromatic rings. The number of aliphatic hydroxyl groups is 1. The quantitative estimate of drug-likeness (QED) is 0.874. The van der Waals surface area contributed by atoms with E-state index in [1.807, 2.05) is 26.0 Å². The molecule has 1 aromatic heterocycles. The van der Waals surface area contributed by atoms with Crippen LogP contribution in [0.4, 0.5) is 5.82 Å². The van der Waals surface area contributed by atoms with Gasteiger partial charge in [0.15, 0.2) is 0 Å². The molecular formula is C14H14BrClN2O. The number of hydrogen-bond acceptors (Lipinski definition) is 3. The van der Waals surface area contributed by atoms with Gasteiger partial charge >= 0.3 is 0 Å². The van der Waals surface area contributed by atoms with Gasteiger partial charge in [-0.1, -0.05) is 39.7 Å². The number of nitrogens with zero attached hydrogens (tertiary/aromatic N) is 1. The molecule has 1 heterocycles. The second kappa shape index (κ2) is 5.49. The maximum absolute atomic E-state index is 10.4. The van der Waals surface area contributed by atoms with Crippen LogP contribution in [-0.4, -0.2) is 10.1 Å². The van der Waals surface area contributed by atoms with Gasteiger partial charge in [0.25, 0.3) is 0 Å². The van der Waals surface area contributed by atoms with Gasteiger partial charge in [0.05, 0.1) is 5.02 Å².